The van der Waals surface area contributed by atoms with Gasteiger partial charge in [0.1, 0.15) is 0 Å². The van der Waals surface area contributed by atoms with Crippen molar-refractivity contribution in [3.63, 3.8) is 0 Å². The Hall–Kier alpha value is 0.415. The number of hydrogen-bond acceptors (Lipinski definition) is 1. The fraction of sp³-hybridized carbons (Fsp3) is 1.00. The number of rotatable bonds is 4. The predicted octanol–water partition coefficient (Wildman–Crippen LogP) is 2.16. The van der Waals surface area contributed by atoms with Gasteiger partial charge in [0.05, 0.1) is 0 Å². The third-order valence-electron chi connectivity index (χ3n) is 0.697. The molecule has 0 unspecified atom stereocenters. The smallest absolute Gasteiger partial charge is 0 e. The molecule has 0 bridgehead atoms. The monoisotopic (exact) mass is 129 g/mol. The molecule has 0 amide bonds. The second-order valence-electron chi connectivity index (χ2n) is 1.61. The SMILES string of the molecule is CCCSCCC.[B]. The van der Waals surface area contributed by atoms with Crippen molar-refractivity contribution < 1.29 is 0 Å². The van der Waals surface area contributed by atoms with Crippen molar-refractivity contribution in [2.24, 2.45) is 0 Å². The van der Waals surface area contributed by atoms with E-state index in [0.29, 0.717) is 0 Å². The Morgan fingerprint density at radius 2 is 1.38 bits per heavy atom. The fourth-order valence-electron chi connectivity index (χ4n) is 0.391. The molecule has 0 aromatic carbocycles. The summed E-state index contributed by atoms with van der Waals surface area (Å²) in [7, 11) is 0. The van der Waals surface area contributed by atoms with Gasteiger partial charge < -0.3 is 0 Å². The molecule has 0 atom stereocenters. The minimum Gasteiger partial charge on any atom is -0.162 e. The molecule has 0 rings (SSSR count). The van der Waals surface area contributed by atoms with Crippen molar-refractivity contribution in [3.8, 4) is 0 Å². The quantitative estimate of drug-likeness (QED) is 0.414. The van der Waals surface area contributed by atoms with Crippen LogP contribution >= 0.6 is 11.8 Å². The van der Waals surface area contributed by atoms with E-state index in [1.165, 1.54) is 24.3 Å². The predicted molar refractivity (Wildman–Crippen MR) is 43.7 cm³/mol. The van der Waals surface area contributed by atoms with Crippen LogP contribution in [0.25, 0.3) is 0 Å². The Bertz CT molecular complexity index is 27.7. The highest BCUT2D eigenvalue weighted by Crippen LogP contribution is 2.02. The lowest BCUT2D eigenvalue weighted by Crippen LogP contribution is -1.76. The molecule has 0 aromatic heterocycles. The van der Waals surface area contributed by atoms with Crippen LogP contribution in [0.15, 0.2) is 0 Å². The zero-order valence-electron chi connectivity index (χ0n) is 5.81. The molecular weight excluding hydrogens is 115 g/mol. The molecule has 2 heteroatoms. The zero-order chi connectivity index (χ0) is 5.54. The second-order valence-corrected chi connectivity index (χ2v) is 2.84. The van der Waals surface area contributed by atoms with Gasteiger partial charge in [0.15, 0.2) is 0 Å². The first-order valence-corrected chi connectivity index (χ1v) is 4.15. The Morgan fingerprint density at radius 1 is 1.00 bits per heavy atom. The summed E-state index contributed by atoms with van der Waals surface area (Å²) >= 11 is 2.05. The van der Waals surface area contributed by atoms with Gasteiger partial charge >= 0.3 is 0 Å². The van der Waals surface area contributed by atoms with Crippen LogP contribution in [0.4, 0.5) is 0 Å². The average Bonchev–Trinajstić information content (AvgIpc) is 1.69. The Balaban J connectivity index is 0. The van der Waals surface area contributed by atoms with Crippen LogP contribution in [-0.4, -0.2) is 19.9 Å². The molecule has 0 saturated heterocycles. The van der Waals surface area contributed by atoms with Crippen molar-refractivity contribution in [1.82, 2.24) is 0 Å². The Morgan fingerprint density at radius 3 is 1.62 bits per heavy atom. The molecule has 8 heavy (non-hydrogen) atoms. The summed E-state index contributed by atoms with van der Waals surface area (Å²) in [6.45, 7) is 4.45. The van der Waals surface area contributed by atoms with Crippen LogP contribution in [0.2, 0.25) is 0 Å². The zero-order valence-corrected chi connectivity index (χ0v) is 6.63. The van der Waals surface area contributed by atoms with Crippen molar-refractivity contribution in [3.05, 3.63) is 0 Å². The van der Waals surface area contributed by atoms with E-state index in [2.05, 4.69) is 25.6 Å². The summed E-state index contributed by atoms with van der Waals surface area (Å²) in [5.41, 5.74) is 0. The minimum atomic E-state index is 0. The molecular formula is C6H14BS. The molecule has 0 aliphatic rings. The number of thioether (sulfide) groups is 1. The number of hydrogen-bond donors (Lipinski definition) is 0. The molecule has 0 aromatic rings. The van der Waals surface area contributed by atoms with Gasteiger partial charge in [-0.1, -0.05) is 13.8 Å². The largest absolute Gasteiger partial charge is 0.162 e. The molecule has 0 nitrogen and oxygen atoms in total. The summed E-state index contributed by atoms with van der Waals surface area (Å²) < 4.78 is 0. The lowest BCUT2D eigenvalue weighted by atomic mass is 10.6. The maximum Gasteiger partial charge on any atom is 0 e. The first kappa shape index (κ1) is 11.2. The van der Waals surface area contributed by atoms with Gasteiger partial charge in [0, 0.05) is 8.41 Å². The van der Waals surface area contributed by atoms with Crippen LogP contribution in [0.5, 0.6) is 0 Å². The van der Waals surface area contributed by atoms with Gasteiger partial charge in [-0.15, -0.1) is 0 Å². The maximum absolute atomic E-state index is 2.22. The molecule has 0 aliphatic carbocycles. The lowest BCUT2D eigenvalue weighted by Gasteiger charge is -1.91. The molecule has 47 valence electrons. The summed E-state index contributed by atoms with van der Waals surface area (Å²) in [5.74, 6) is 2.68. The topological polar surface area (TPSA) is 0 Å². The maximum atomic E-state index is 2.22. The van der Waals surface area contributed by atoms with E-state index in [-0.39, 0.29) is 8.41 Å². The molecule has 0 heterocycles. The van der Waals surface area contributed by atoms with Crippen LogP contribution < -0.4 is 0 Å². The van der Waals surface area contributed by atoms with E-state index in [1.54, 1.807) is 0 Å². The van der Waals surface area contributed by atoms with E-state index in [9.17, 15) is 0 Å². The van der Waals surface area contributed by atoms with Gasteiger partial charge in [0.25, 0.3) is 0 Å². The third kappa shape index (κ3) is 9.65. The van der Waals surface area contributed by atoms with Gasteiger partial charge in [-0.05, 0) is 24.3 Å². The molecule has 3 radical (unpaired) electrons. The van der Waals surface area contributed by atoms with Gasteiger partial charge in [0.2, 0.25) is 0 Å². The highest BCUT2D eigenvalue weighted by atomic mass is 32.2. The molecule has 0 aliphatic heterocycles. The first-order valence-electron chi connectivity index (χ1n) is 2.99. The van der Waals surface area contributed by atoms with E-state index in [4.69, 9.17) is 0 Å². The summed E-state index contributed by atoms with van der Waals surface area (Å²) in [4.78, 5) is 0. The van der Waals surface area contributed by atoms with E-state index in [0.717, 1.165) is 0 Å². The van der Waals surface area contributed by atoms with Crippen molar-refractivity contribution in [2.45, 2.75) is 26.7 Å². The van der Waals surface area contributed by atoms with Crippen molar-refractivity contribution in [1.29, 1.82) is 0 Å². The van der Waals surface area contributed by atoms with Gasteiger partial charge in [-0.3, -0.25) is 0 Å². The van der Waals surface area contributed by atoms with Crippen LogP contribution in [0, 0.1) is 0 Å². The minimum absolute atomic E-state index is 0. The molecule has 0 saturated carbocycles. The van der Waals surface area contributed by atoms with E-state index in [1.807, 2.05) is 0 Å². The van der Waals surface area contributed by atoms with Gasteiger partial charge in [-0.2, -0.15) is 11.8 Å². The van der Waals surface area contributed by atoms with Gasteiger partial charge in [-0.25, -0.2) is 0 Å². The van der Waals surface area contributed by atoms with Crippen molar-refractivity contribution >= 4 is 20.2 Å². The van der Waals surface area contributed by atoms with Crippen LogP contribution in [-0.2, 0) is 0 Å². The second kappa shape index (κ2) is 10.4. The average molecular weight is 129 g/mol. The molecule has 0 spiro atoms. The Labute approximate surface area is 59.0 Å². The summed E-state index contributed by atoms with van der Waals surface area (Å²) in [6.07, 6.45) is 2.65. The highest BCUT2D eigenvalue weighted by molar-refractivity contribution is 7.99. The fourth-order valence-corrected chi connectivity index (χ4v) is 1.17. The Kier molecular flexibility index (Phi) is 14.6. The summed E-state index contributed by atoms with van der Waals surface area (Å²) in [5, 5.41) is 0. The molecule has 0 N–H and O–H groups in total. The van der Waals surface area contributed by atoms with E-state index >= 15 is 0 Å². The third-order valence-corrected chi connectivity index (χ3v) is 2.09. The van der Waals surface area contributed by atoms with Crippen molar-refractivity contribution in [2.75, 3.05) is 11.5 Å². The van der Waals surface area contributed by atoms with Crippen LogP contribution in [0.1, 0.15) is 26.7 Å². The standard InChI is InChI=1S/C6H14S.B/c1-3-5-7-6-4-2;/h3-6H2,1-2H3;. The summed E-state index contributed by atoms with van der Waals surface area (Å²) in [6, 6.07) is 0. The lowest BCUT2D eigenvalue weighted by molar-refractivity contribution is 1.07. The van der Waals surface area contributed by atoms with E-state index < -0.39 is 0 Å². The molecule has 0 fully saturated rings. The normalized spacial score (nSPS) is 8.25. The highest BCUT2D eigenvalue weighted by Gasteiger charge is 1.79. The van der Waals surface area contributed by atoms with Crippen LogP contribution in [0.3, 0.4) is 0 Å². The first-order chi connectivity index (χ1) is 3.41.